The zero-order chi connectivity index (χ0) is 13.0. The topological polar surface area (TPSA) is 50.1 Å². The van der Waals surface area contributed by atoms with Crippen molar-refractivity contribution in [1.29, 1.82) is 5.26 Å². The Kier molecular flexibility index (Phi) is 3.99. The van der Waals surface area contributed by atoms with Gasteiger partial charge in [0.25, 0.3) is 0 Å². The number of hydrogen-bond acceptors (Lipinski definition) is 3. The van der Waals surface area contributed by atoms with Crippen LogP contribution in [0, 0.1) is 17.2 Å². The van der Waals surface area contributed by atoms with Crippen LogP contribution in [0.4, 0.5) is 0 Å². The zero-order valence-electron chi connectivity index (χ0n) is 10.6. The molecule has 2 rings (SSSR count). The summed E-state index contributed by atoms with van der Waals surface area (Å²) in [5.41, 5.74) is 0.953. The molecule has 0 aromatic heterocycles. The van der Waals surface area contributed by atoms with Crippen LogP contribution in [0.15, 0.2) is 24.3 Å². The smallest absolute Gasteiger partial charge is 0.338 e. The third kappa shape index (κ3) is 3.10. The molecule has 94 valence electrons. The Morgan fingerprint density at radius 2 is 2.28 bits per heavy atom. The lowest BCUT2D eigenvalue weighted by molar-refractivity contribution is 0.0155. The van der Waals surface area contributed by atoms with Crippen LogP contribution in [0.1, 0.15) is 48.5 Å². The van der Waals surface area contributed by atoms with Crippen LogP contribution >= 0.6 is 0 Å². The number of nitrogens with zero attached hydrogens (tertiary/aromatic N) is 1. The lowest BCUT2D eigenvalue weighted by Gasteiger charge is -2.26. The Labute approximate surface area is 107 Å². The van der Waals surface area contributed by atoms with E-state index in [0.717, 1.165) is 19.3 Å². The summed E-state index contributed by atoms with van der Waals surface area (Å²) in [6.45, 7) is 2.19. The predicted molar refractivity (Wildman–Crippen MR) is 68.0 cm³/mol. The van der Waals surface area contributed by atoms with Gasteiger partial charge in [0.15, 0.2) is 0 Å². The van der Waals surface area contributed by atoms with Gasteiger partial charge in [0.1, 0.15) is 6.10 Å². The highest BCUT2D eigenvalue weighted by Gasteiger charge is 2.22. The van der Waals surface area contributed by atoms with E-state index in [2.05, 4.69) is 6.92 Å². The second-order valence-corrected chi connectivity index (χ2v) is 4.99. The Bertz CT molecular complexity index is 476. The molecule has 1 aromatic rings. The molecule has 1 aliphatic carbocycles. The maximum absolute atomic E-state index is 12.0. The molecule has 0 N–H and O–H groups in total. The first-order valence-corrected chi connectivity index (χ1v) is 6.40. The summed E-state index contributed by atoms with van der Waals surface area (Å²) >= 11 is 0. The average molecular weight is 243 g/mol. The molecule has 1 fully saturated rings. The quantitative estimate of drug-likeness (QED) is 0.749. The van der Waals surface area contributed by atoms with E-state index in [1.165, 1.54) is 6.42 Å². The van der Waals surface area contributed by atoms with Crippen LogP contribution in [-0.2, 0) is 4.74 Å². The number of esters is 1. The molecule has 0 bridgehead atoms. The van der Waals surface area contributed by atoms with Crippen molar-refractivity contribution in [2.75, 3.05) is 0 Å². The second-order valence-electron chi connectivity index (χ2n) is 4.99. The molecule has 0 aliphatic heterocycles. The molecule has 18 heavy (non-hydrogen) atoms. The molecule has 0 heterocycles. The van der Waals surface area contributed by atoms with Crippen molar-refractivity contribution >= 4 is 5.97 Å². The van der Waals surface area contributed by atoms with Crippen LogP contribution in [0.25, 0.3) is 0 Å². The number of ether oxygens (including phenoxy) is 1. The van der Waals surface area contributed by atoms with Gasteiger partial charge in [-0.05, 0) is 43.4 Å². The number of carbonyl (C=O) groups is 1. The molecule has 3 nitrogen and oxygen atoms in total. The van der Waals surface area contributed by atoms with E-state index in [0.29, 0.717) is 17.0 Å². The Morgan fingerprint density at radius 1 is 1.44 bits per heavy atom. The first-order chi connectivity index (χ1) is 8.69. The normalized spacial score (nSPS) is 23.1. The van der Waals surface area contributed by atoms with Crippen molar-refractivity contribution in [1.82, 2.24) is 0 Å². The van der Waals surface area contributed by atoms with Crippen molar-refractivity contribution in [3.05, 3.63) is 35.4 Å². The fourth-order valence-electron chi connectivity index (χ4n) is 2.42. The van der Waals surface area contributed by atoms with Crippen molar-refractivity contribution in [2.45, 2.75) is 38.7 Å². The lowest BCUT2D eigenvalue weighted by Crippen LogP contribution is -2.24. The maximum atomic E-state index is 12.0. The first-order valence-electron chi connectivity index (χ1n) is 6.40. The molecular weight excluding hydrogens is 226 g/mol. The second kappa shape index (κ2) is 5.68. The van der Waals surface area contributed by atoms with Gasteiger partial charge in [-0.15, -0.1) is 0 Å². The minimum Gasteiger partial charge on any atom is -0.459 e. The Hall–Kier alpha value is -1.82. The minimum absolute atomic E-state index is 0.0343. The monoisotopic (exact) mass is 243 g/mol. The average Bonchev–Trinajstić information content (AvgIpc) is 2.39. The summed E-state index contributed by atoms with van der Waals surface area (Å²) in [6, 6.07) is 8.68. The van der Waals surface area contributed by atoms with Crippen LogP contribution < -0.4 is 0 Å². The molecule has 1 aliphatic rings. The third-order valence-electron chi connectivity index (χ3n) is 3.39. The number of benzene rings is 1. The van der Waals surface area contributed by atoms with Crippen molar-refractivity contribution < 1.29 is 9.53 Å². The Balaban J connectivity index is 2.01. The van der Waals surface area contributed by atoms with E-state index in [1.54, 1.807) is 24.3 Å². The van der Waals surface area contributed by atoms with Gasteiger partial charge in [-0.2, -0.15) is 5.26 Å². The van der Waals surface area contributed by atoms with Crippen LogP contribution in [0.5, 0.6) is 0 Å². The lowest BCUT2D eigenvalue weighted by atomic mass is 9.89. The van der Waals surface area contributed by atoms with E-state index < -0.39 is 0 Å². The number of rotatable bonds is 2. The molecule has 1 aromatic carbocycles. The van der Waals surface area contributed by atoms with E-state index >= 15 is 0 Å². The fraction of sp³-hybridized carbons (Fsp3) is 0.467. The van der Waals surface area contributed by atoms with Gasteiger partial charge >= 0.3 is 5.97 Å². The summed E-state index contributed by atoms with van der Waals surface area (Å²) in [4.78, 5) is 12.0. The van der Waals surface area contributed by atoms with Gasteiger partial charge in [-0.3, -0.25) is 0 Å². The largest absolute Gasteiger partial charge is 0.459 e. The molecule has 0 saturated heterocycles. The van der Waals surface area contributed by atoms with Crippen LogP contribution in [0.3, 0.4) is 0 Å². The highest BCUT2D eigenvalue weighted by atomic mass is 16.5. The van der Waals surface area contributed by atoms with Crippen LogP contribution in [-0.4, -0.2) is 12.1 Å². The highest BCUT2D eigenvalue weighted by Crippen LogP contribution is 2.26. The molecule has 2 unspecified atom stereocenters. The molecule has 0 amide bonds. The molecular formula is C15H17NO2. The van der Waals surface area contributed by atoms with Gasteiger partial charge in [0.05, 0.1) is 17.2 Å². The molecule has 0 spiro atoms. The number of carbonyl (C=O) groups excluding carboxylic acids is 1. The van der Waals surface area contributed by atoms with Gasteiger partial charge in [0.2, 0.25) is 0 Å². The van der Waals surface area contributed by atoms with Gasteiger partial charge < -0.3 is 4.74 Å². The van der Waals surface area contributed by atoms with Gasteiger partial charge in [0, 0.05) is 0 Å². The summed E-state index contributed by atoms with van der Waals surface area (Å²) in [6.07, 6.45) is 4.28. The SMILES string of the molecule is CC1CCCC(OC(=O)c2cccc(C#N)c2)C1. The van der Waals surface area contributed by atoms with E-state index in [9.17, 15) is 4.79 Å². The highest BCUT2D eigenvalue weighted by molar-refractivity contribution is 5.89. The van der Waals surface area contributed by atoms with Gasteiger partial charge in [-0.25, -0.2) is 4.79 Å². The molecule has 3 heteroatoms. The number of nitriles is 1. The summed E-state index contributed by atoms with van der Waals surface area (Å²) in [5.74, 6) is 0.313. The summed E-state index contributed by atoms with van der Waals surface area (Å²) in [7, 11) is 0. The van der Waals surface area contributed by atoms with Crippen molar-refractivity contribution in [2.24, 2.45) is 5.92 Å². The molecule has 1 saturated carbocycles. The minimum atomic E-state index is -0.314. The maximum Gasteiger partial charge on any atom is 0.338 e. The van der Waals surface area contributed by atoms with Crippen molar-refractivity contribution in [3.63, 3.8) is 0 Å². The summed E-state index contributed by atoms with van der Waals surface area (Å²) in [5, 5.41) is 8.80. The Morgan fingerprint density at radius 3 is 3.00 bits per heavy atom. The first kappa shape index (κ1) is 12.6. The van der Waals surface area contributed by atoms with E-state index in [4.69, 9.17) is 10.00 Å². The summed E-state index contributed by atoms with van der Waals surface area (Å²) < 4.78 is 5.50. The zero-order valence-corrected chi connectivity index (χ0v) is 10.6. The molecule has 0 radical (unpaired) electrons. The number of hydrogen-bond donors (Lipinski definition) is 0. The molecule has 2 atom stereocenters. The van der Waals surface area contributed by atoms with E-state index in [1.807, 2.05) is 6.07 Å². The van der Waals surface area contributed by atoms with Crippen molar-refractivity contribution in [3.8, 4) is 6.07 Å². The predicted octanol–water partition coefficient (Wildman–Crippen LogP) is 3.29. The van der Waals surface area contributed by atoms with Crippen LogP contribution in [0.2, 0.25) is 0 Å². The third-order valence-corrected chi connectivity index (χ3v) is 3.39. The van der Waals surface area contributed by atoms with E-state index in [-0.39, 0.29) is 12.1 Å². The standard InChI is InChI=1S/C15H17NO2/c1-11-4-2-7-14(8-11)18-15(17)13-6-3-5-12(9-13)10-16/h3,5-6,9,11,14H,2,4,7-8H2,1H3. The fourth-order valence-corrected chi connectivity index (χ4v) is 2.42. The van der Waals surface area contributed by atoms with Gasteiger partial charge in [-0.1, -0.05) is 19.4 Å².